The average molecular weight is 228 g/mol. The van der Waals surface area contributed by atoms with Crippen LogP contribution >= 0.6 is 15.9 Å². The van der Waals surface area contributed by atoms with Crippen LogP contribution in [0.15, 0.2) is 16.6 Å². The number of nitrogens with zero attached hydrogens (tertiary/aromatic N) is 1. The summed E-state index contributed by atoms with van der Waals surface area (Å²) in [6, 6.07) is 4.17. The highest BCUT2D eigenvalue weighted by atomic mass is 79.9. The Hall–Kier alpha value is -1.21. The summed E-state index contributed by atoms with van der Waals surface area (Å²) in [5.41, 5.74) is 0.145. The van der Waals surface area contributed by atoms with E-state index in [-0.39, 0.29) is 15.6 Å². The van der Waals surface area contributed by atoms with Gasteiger partial charge in [-0.1, -0.05) is 0 Å². The van der Waals surface area contributed by atoms with Crippen LogP contribution in [0.4, 0.5) is 4.39 Å². The molecule has 0 fully saturated rings. The molecule has 0 aliphatic heterocycles. The summed E-state index contributed by atoms with van der Waals surface area (Å²) in [5, 5.41) is 8.44. The maximum atomic E-state index is 12.9. The number of halogens is 2. The quantitative estimate of drug-likeness (QED) is 0.691. The number of benzene rings is 1. The Morgan fingerprint density at radius 2 is 2.25 bits per heavy atom. The van der Waals surface area contributed by atoms with Gasteiger partial charge in [0.25, 0.3) is 0 Å². The van der Waals surface area contributed by atoms with E-state index in [2.05, 4.69) is 15.9 Å². The molecule has 1 aromatic rings. The van der Waals surface area contributed by atoms with Crippen molar-refractivity contribution in [2.24, 2.45) is 0 Å². The SMILES string of the molecule is N#Cc1cc(C=O)cc(Br)c1F. The van der Waals surface area contributed by atoms with Gasteiger partial charge in [-0.05, 0) is 28.1 Å². The molecule has 0 radical (unpaired) electrons. The van der Waals surface area contributed by atoms with Crippen LogP contribution in [0.5, 0.6) is 0 Å². The molecule has 0 unspecified atom stereocenters. The molecule has 0 N–H and O–H groups in total. The molecule has 4 heteroatoms. The number of carbonyl (C=O) groups is 1. The molecule has 60 valence electrons. The van der Waals surface area contributed by atoms with E-state index in [4.69, 9.17) is 5.26 Å². The highest BCUT2D eigenvalue weighted by molar-refractivity contribution is 9.10. The van der Waals surface area contributed by atoms with Crippen LogP contribution in [0.1, 0.15) is 15.9 Å². The van der Waals surface area contributed by atoms with Crippen LogP contribution in [0.2, 0.25) is 0 Å². The first-order valence-electron chi connectivity index (χ1n) is 3.03. The van der Waals surface area contributed by atoms with E-state index >= 15 is 0 Å². The summed E-state index contributed by atoms with van der Waals surface area (Å²) in [5.74, 6) is -0.636. The monoisotopic (exact) mass is 227 g/mol. The van der Waals surface area contributed by atoms with Crippen LogP contribution in [-0.4, -0.2) is 6.29 Å². The van der Waals surface area contributed by atoms with Gasteiger partial charge in [0.05, 0.1) is 10.0 Å². The Labute approximate surface area is 76.7 Å². The number of hydrogen-bond acceptors (Lipinski definition) is 2. The van der Waals surface area contributed by atoms with Gasteiger partial charge in [-0.25, -0.2) is 4.39 Å². The Morgan fingerprint density at radius 3 is 2.75 bits per heavy atom. The molecule has 0 aromatic heterocycles. The Kier molecular flexibility index (Phi) is 2.56. The summed E-state index contributed by atoms with van der Waals surface area (Å²) in [6.07, 6.45) is 0.561. The van der Waals surface area contributed by atoms with Crippen molar-refractivity contribution in [1.29, 1.82) is 5.26 Å². The van der Waals surface area contributed by atoms with Gasteiger partial charge in [0, 0.05) is 5.56 Å². The number of aldehydes is 1. The third-order valence-corrected chi connectivity index (χ3v) is 1.88. The van der Waals surface area contributed by atoms with Gasteiger partial charge < -0.3 is 0 Å². The normalized spacial score (nSPS) is 9.08. The molecule has 0 atom stereocenters. The van der Waals surface area contributed by atoms with Crippen molar-refractivity contribution in [3.8, 4) is 6.07 Å². The van der Waals surface area contributed by atoms with Crippen molar-refractivity contribution in [2.45, 2.75) is 0 Å². The van der Waals surface area contributed by atoms with E-state index in [9.17, 15) is 9.18 Å². The predicted molar refractivity (Wildman–Crippen MR) is 44.2 cm³/mol. The van der Waals surface area contributed by atoms with Crippen molar-refractivity contribution in [2.75, 3.05) is 0 Å². The molecule has 1 aromatic carbocycles. The van der Waals surface area contributed by atoms with E-state index in [1.807, 2.05) is 0 Å². The number of nitriles is 1. The lowest BCUT2D eigenvalue weighted by Crippen LogP contribution is -1.89. The predicted octanol–water partition coefficient (Wildman–Crippen LogP) is 2.27. The summed E-state index contributed by atoms with van der Waals surface area (Å²) in [7, 11) is 0. The van der Waals surface area contributed by atoms with Crippen molar-refractivity contribution in [1.82, 2.24) is 0 Å². The highest BCUT2D eigenvalue weighted by Gasteiger charge is 2.07. The molecule has 0 bridgehead atoms. The van der Waals surface area contributed by atoms with E-state index in [0.29, 0.717) is 6.29 Å². The Morgan fingerprint density at radius 1 is 1.58 bits per heavy atom. The summed E-state index contributed by atoms with van der Waals surface area (Å²) in [4.78, 5) is 10.3. The third-order valence-electron chi connectivity index (χ3n) is 1.31. The number of carbonyl (C=O) groups excluding carboxylic acids is 1. The summed E-state index contributed by atoms with van der Waals surface area (Å²) < 4.78 is 13.1. The van der Waals surface area contributed by atoms with Crippen LogP contribution in [0.3, 0.4) is 0 Å². The minimum absolute atomic E-state index is 0.128. The van der Waals surface area contributed by atoms with Gasteiger partial charge in [0.1, 0.15) is 12.4 Å². The molecule has 1 rings (SSSR count). The lowest BCUT2D eigenvalue weighted by atomic mass is 10.1. The molecule has 0 saturated carbocycles. The molecular weight excluding hydrogens is 225 g/mol. The molecule has 0 saturated heterocycles. The van der Waals surface area contributed by atoms with Gasteiger partial charge in [-0.2, -0.15) is 5.26 Å². The number of rotatable bonds is 1. The maximum Gasteiger partial charge on any atom is 0.155 e. The zero-order chi connectivity index (χ0) is 9.14. The van der Waals surface area contributed by atoms with Gasteiger partial charge >= 0.3 is 0 Å². The topological polar surface area (TPSA) is 40.9 Å². The Balaban J connectivity index is 3.41. The minimum atomic E-state index is -0.636. The van der Waals surface area contributed by atoms with Crippen LogP contribution < -0.4 is 0 Å². The van der Waals surface area contributed by atoms with Crippen molar-refractivity contribution >= 4 is 22.2 Å². The van der Waals surface area contributed by atoms with Gasteiger partial charge in [0.15, 0.2) is 5.82 Å². The van der Waals surface area contributed by atoms with Crippen molar-refractivity contribution < 1.29 is 9.18 Å². The molecular formula is C8H3BrFNO. The second-order valence-electron chi connectivity index (χ2n) is 2.09. The van der Waals surface area contributed by atoms with Crippen molar-refractivity contribution in [3.05, 3.63) is 33.5 Å². The van der Waals surface area contributed by atoms with Crippen LogP contribution in [-0.2, 0) is 0 Å². The van der Waals surface area contributed by atoms with E-state index in [0.717, 1.165) is 0 Å². The fraction of sp³-hybridized carbons (Fsp3) is 0. The molecule has 0 aliphatic rings. The highest BCUT2D eigenvalue weighted by Crippen LogP contribution is 2.19. The van der Waals surface area contributed by atoms with E-state index in [1.165, 1.54) is 12.1 Å². The molecule has 2 nitrogen and oxygen atoms in total. The summed E-state index contributed by atoms with van der Waals surface area (Å²) in [6.45, 7) is 0. The van der Waals surface area contributed by atoms with Gasteiger partial charge in [0.2, 0.25) is 0 Å². The standard InChI is InChI=1S/C8H3BrFNO/c9-7-2-5(4-12)1-6(3-11)8(7)10/h1-2,4H. The molecule has 0 amide bonds. The minimum Gasteiger partial charge on any atom is -0.298 e. The second kappa shape index (κ2) is 3.46. The first-order chi connectivity index (χ1) is 5.69. The fourth-order valence-corrected chi connectivity index (χ4v) is 1.24. The molecule has 0 spiro atoms. The molecule has 12 heavy (non-hydrogen) atoms. The van der Waals surface area contributed by atoms with Crippen molar-refractivity contribution in [3.63, 3.8) is 0 Å². The average Bonchev–Trinajstić information content (AvgIpc) is 2.09. The smallest absolute Gasteiger partial charge is 0.155 e. The molecule has 0 aliphatic carbocycles. The second-order valence-corrected chi connectivity index (χ2v) is 2.95. The fourth-order valence-electron chi connectivity index (χ4n) is 0.759. The summed E-state index contributed by atoms with van der Waals surface area (Å²) >= 11 is 2.89. The molecule has 0 heterocycles. The Bertz CT molecular complexity index is 370. The number of hydrogen-bond donors (Lipinski definition) is 0. The zero-order valence-electron chi connectivity index (χ0n) is 5.84. The first kappa shape index (κ1) is 8.88. The van der Waals surface area contributed by atoms with Gasteiger partial charge in [-0.15, -0.1) is 0 Å². The van der Waals surface area contributed by atoms with Gasteiger partial charge in [-0.3, -0.25) is 4.79 Å². The van der Waals surface area contributed by atoms with Crippen LogP contribution in [0.25, 0.3) is 0 Å². The zero-order valence-corrected chi connectivity index (χ0v) is 7.43. The van der Waals surface area contributed by atoms with E-state index in [1.54, 1.807) is 6.07 Å². The lowest BCUT2D eigenvalue weighted by molar-refractivity contribution is 0.112. The first-order valence-corrected chi connectivity index (χ1v) is 3.82. The maximum absolute atomic E-state index is 12.9. The van der Waals surface area contributed by atoms with Crippen LogP contribution in [0, 0.1) is 17.1 Å². The third kappa shape index (κ3) is 1.51. The van der Waals surface area contributed by atoms with E-state index < -0.39 is 5.82 Å². The largest absolute Gasteiger partial charge is 0.298 e. The lowest BCUT2D eigenvalue weighted by Gasteiger charge is -1.97.